The molecule has 7 heteroatoms. The van der Waals surface area contributed by atoms with Gasteiger partial charge in [0.25, 0.3) is 0 Å². The SMILES string of the molecule is COc1ccc(-c2cccc3c(C4=C=C=NC(SC)=N4)c(-c4ccc(OCC5CC5)cc4)nn23)cc1. The lowest BCUT2D eigenvalue weighted by atomic mass is 10.0. The van der Waals surface area contributed by atoms with Gasteiger partial charge in [-0.25, -0.2) is 9.51 Å². The van der Waals surface area contributed by atoms with E-state index < -0.39 is 0 Å². The largest absolute Gasteiger partial charge is 0.497 e. The van der Waals surface area contributed by atoms with Crippen molar-refractivity contribution in [3.05, 3.63) is 78.0 Å². The van der Waals surface area contributed by atoms with Crippen molar-refractivity contribution in [2.24, 2.45) is 15.9 Å². The molecule has 0 bridgehead atoms. The van der Waals surface area contributed by atoms with Crippen LogP contribution in [0.5, 0.6) is 11.5 Å². The van der Waals surface area contributed by atoms with E-state index in [4.69, 9.17) is 19.6 Å². The van der Waals surface area contributed by atoms with Crippen LogP contribution >= 0.6 is 11.8 Å². The van der Waals surface area contributed by atoms with Crippen molar-refractivity contribution in [3.63, 3.8) is 0 Å². The number of aliphatic imine (C=N–C) groups is 2. The van der Waals surface area contributed by atoms with Gasteiger partial charge < -0.3 is 9.47 Å². The smallest absolute Gasteiger partial charge is 0.197 e. The van der Waals surface area contributed by atoms with E-state index in [1.807, 2.05) is 53.2 Å². The average Bonchev–Trinajstić information content (AvgIpc) is 3.69. The highest BCUT2D eigenvalue weighted by molar-refractivity contribution is 8.13. The Hall–Kier alpha value is -4.02. The monoisotopic (exact) mass is 492 g/mol. The summed E-state index contributed by atoms with van der Waals surface area (Å²) in [4.78, 5) is 8.94. The molecular formula is C29H24N4O2S. The van der Waals surface area contributed by atoms with Gasteiger partial charge in [0.1, 0.15) is 22.9 Å². The van der Waals surface area contributed by atoms with Crippen molar-refractivity contribution in [3.8, 4) is 34.0 Å². The zero-order valence-corrected chi connectivity index (χ0v) is 20.9. The summed E-state index contributed by atoms with van der Waals surface area (Å²) in [5.74, 6) is 5.28. The number of rotatable bonds is 7. The fourth-order valence-electron chi connectivity index (χ4n) is 4.18. The van der Waals surface area contributed by atoms with Crippen LogP contribution in [0, 0.1) is 5.92 Å². The lowest BCUT2D eigenvalue weighted by molar-refractivity contribution is 0.300. The molecule has 1 aliphatic carbocycles. The molecule has 0 atom stereocenters. The quantitative estimate of drug-likeness (QED) is 0.282. The molecule has 2 aliphatic rings. The van der Waals surface area contributed by atoms with Crippen LogP contribution in [0.15, 0.2) is 82.4 Å². The van der Waals surface area contributed by atoms with Crippen molar-refractivity contribution in [1.82, 2.24) is 9.61 Å². The number of methoxy groups -OCH3 is 1. The Morgan fingerprint density at radius 3 is 2.44 bits per heavy atom. The number of fused-ring (bicyclic) bond motifs is 1. The fraction of sp³-hybridized carbons (Fsp3) is 0.207. The Labute approximate surface area is 213 Å². The van der Waals surface area contributed by atoms with Crippen LogP contribution in [0.2, 0.25) is 0 Å². The van der Waals surface area contributed by atoms with E-state index in [0.29, 0.717) is 16.8 Å². The third kappa shape index (κ3) is 4.36. The molecule has 0 unspecified atom stereocenters. The molecule has 0 spiro atoms. The summed E-state index contributed by atoms with van der Waals surface area (Å²) >= 11 is 1.48. The van der Waals surface area contributed by atoms with Crippen molar-refractivity contribution in [1.29, 1.82) is 0 Å². The van der Waals surface area contributed by atoms with Gasteiger partial charge in [-0.05, 0) is 91.4 Å². The number of aromatic nitrogens is 2. The first-order chi connectivity index (χ1) is 17.7. The second-order valence-corrected chi connectivity index (χ2v) is 9.51. The van der Waals surface area contributed by atoms with Gasteiger partial charge in [-0.1, -0.05) is 17.8 Å². The van der Waals surface area contributed by atoms with E-state index in [-0.39, 0.29) is 0 Å². The number of hydrogen-bond acceptors (Lipinski definition) is 6. The molecule has 2 aromatic heterocycles. The summed E-state index contributed by atoms with van der Waals surface area (Å²) in [6.45, 7) is 0.785. The maximum atomic E-state index is 5.95. The second-order valence-electron chi connectivity index (χ2n) is 8.73. The minimum Gasteiger partial charge on any atom is -0.497 e. The van der Waals surface area contributed by atoms with Gasteiger partial charge in [0, 0.05) is 17.0 Å². The lowest BCUT2D eigenvalue weighted by Gasteiger charge is -2.07. The van der Waals surface area contributed by atoms with Gasteiger partial charge >= 0.3 is 0 Å². The Bertz CT molecular complexity index is 1570. The number of thioether (sulfide) groups is 1. The highest BCUT2D eigenvalue weighted by Gasteiger charge is 2.23. The fourth-order valence-corrected chi connectivity index (χ4v) is 4.50. The maximum absolute atomic E-state index is 5.95. The van der Waals surface area contributed by atoms with Gasteiger partial charge in [0.15, 0.2) is 5.17 Å². The minimum atomic E-state index is 0.643. The first kappa shape index (κ1) is 22.4. The van der Waals surface area contributed by atoms with Gasteiger partial charge in [-0.2, -0.15) is 10.1 Å². The summed E-state index contributed by atoms with van der Waals surface area (Å²) in [7, 11) is 1.67. The number of nitrogens with zero attached hydrogens (tertiary/aromatic N) is 4. The lowest BCUT2D eigenvalue weighted by Crippen LogP contribution is -1.98. The molecule has 1 aliphatic heterocycles. The Morgan fingerprint density at radius 1 is 0.972 bits per heavy atom. The number of pyridine rings is 1. The summed E-state index contributed by atoms with van der Waals surface area (Å²) in [6.07, 6.45) is 4.49. The van der Waals surface area contributed by atoms with E-state index in [1.54, 1.807) is 7.11 Å². The molecule has 0 saturated heterocycles. The maximum Gasteiger partial charge on any atom is 0.197 e. The standard InChI is InChI=1S/C29H24N4O2S/c1-34-22-12-8-20(9-13-22)25-4-3-5-26-27(24-16-17-30-29(31-24)36-2)28(32-33(25)26)21-10-14-23(15-11-21)35-18-19-6-7-19/h3-5,8-15,19H,6-7,18H2,1-2H3. The van der Waals surface area contributed by atoms with Crippen LogP contribution in [-0.4, -0.2) is 40.6 Å². The molecule has 36 heavy (non-hydrogen) atoms. The molecular weight excluding hydrogens is 468 g/mol. The van der Waals surface area contributed by atoms with Crippen molar-refractivity contribution in [2.45, 2.75) is 12.8 Å². The normalized spacial score (nSPS) is 14.6. The molecule has 6 rings (SSSR count). The molecule has 178 valence electrons. The highest BCUT2D eigenvalue weighted by atomic mass is 32.2. The average molecular weight is 493 g/mol. The van der Waals surface area contributed by atoms with Gasteiger partial charge in [-0.15, -0.1) is 0 Å². The van der Waals surface area contributed by atoms with Crippen molar-refractivity contribution < 1.29 is 9.47 Å². The van der Waals surface area contributed by atoms with Crippen molar-refractivity contribution >= 4 is 34.0 Å². The summed E-state index contributed by atoms with van der Waals surface area (Å²) in [5, 5.41) is 5.73. The van der Waals surface area contributed by atoms with Crippen LogP contribution in [0.4, 0.5) is 0 Å². The molecule has 1 saturated carbocycles. The predicted octanol–water partition coefficient (Wildman–Crippen LogP) is 6.36. The molecule has 6 nitrogen and oxygen atoms in total. The molecule has 0 radical (unpaired) electrons. The van der Waals surface area contributed by atoms with Gasteiger partial charge in [-0.3, -0.25) is 0 Å². The van der Waals surface area contributed by atoms with E-state index in [9.17, 15) is 0 Å². The molecule has 2 aromatic carbocycles. The highest BCUT2D eigenvalue weighted by Crippen LogP contribution is 2.36. The van der Waals surface area contributed by atoms with E-state index >= 15 is 0 Å². The van der Waals surface area contributed by atoms with Crippen LogP contribution in [0.25, 0.3) is 33.7 Å². The molecule has 3 heterocycles. The van der Waals surface area contributed by atoms with Crippen LogP contribution in [0.1, 0.15) is 18.4 Å². The summed E-state index contributed by atoms with van der Waals surface area (Å²) in [6, 6.07) is 22.3. The number of ether oxygens (including phenoxy) is 2. The van der Waals surface area contributed by atoms with Crippen LogP contribution in [0.3, 0.4) is 0 Å². The molecule has 0 amide bonds. The third-order valence-electron chi connectivity index (χ3n) is 6.31. The molecule has 0 N–H and O–H groups in total. The second kappa shape index (κ2) is 9.56. The number of benzene rings is 2. The van der Waals surface area contributed by atoms with E-state index in [1.165, 1.54) is 24.6 Å². The zero-order chi connectivity index (χ0) is 24.5. The van der Waals surface area contributed by atoms with Crippen molar-refractivity contribution in [2.75, 3.05) is 20.0 Å². The summed E-state index contributed by atoms with van der Waals surface area (Å²) in [5.41, 5.74) is 9.41. The predicted molar refractivity (Wildman–Crippen MR) is 146 cm³/mol. The number of hydrogen-bond donors (Lipinski definition) is 0. The first-order valence-corrected chi connectivity index (χ1v) is 13.1. The van der Waals surface area contributed by atoms with Crippen LogP contribution in [-0.2, 0) is 0 Å². The van der Waals surface area contributed by atoms with Gasteiger partial charge in [0.2, 0.25) is 0 Å². The zero-order valence-electron chi connectivity index (χ0n) is 20.1. The van der Waals surface area contributed by atoms with Gasteiger partial charge in [0.05, 0.1) is 30.5 Å². The number of amidine groups is 1. The Kier molecular flexibility index (Phi) is 5.96. The topological polar surface area (TPSA) is 60.5 Å². The third-order valence-corrected chi connectivity index (χ3v) is 6.85. The molecule has 1 fully saturated rings. The van der Waals surface area contributed by atoms with E-state index in [0.717, 1.165) is 51.7 Å². The van der Waals surface area contributed by atoms with Crippen LogP contribution < -0.4 is 9.47 Å². The minimum absolute atomic E-state index is 0.643. The first-order valence-electron chi connectivity index (χ1n) is 11.8. The molecule has 4 aromatic rings. The Balaban J connectivity index is 1.50. The van der Waals surface area contributed by atoms with E-state index in [2.05, 4.69) is 40.9 Å². The summed E-state index contributed by atoms with van der Waals surface area (Å²) < 4.78 is 13.3. The Morgan fingerprint density at radius 2 is 1.72 bits per heavy atom.